The fraction of sp³-hybridized carbons (Fsp3) is 0.417. The number of benzene rings is 1. The number of hydrogen-bond acceptors (Lipinski definition) is 3. The van der Waals surface area contributed by atoms with Crippen LogP contribution in [0.25, 0.3) is 0 Å². The minimum atomic E-state index is -3.97. The van der Waals surface area contributed by atoms with Gasteiger partial charge in [0.25, 0.3) is 0 Å². The van der Waals surface area contributed by atoms with E-state index in [0.717, 1.165) is 14.7 Å². The molecule has 0 heterocycles. The van der Waals surface area contributed by atoms with E-state index in [-0.39, 0.29) is 12.4 Å². The number of carbonyl (C=O) groups is 1. The van der Waals surface area contributed by atoms with E-state index in [1.54, 1.807) is 13.8 Å². The Balaban J connectivity index is 2.94. The molecule has 1 aromatic rings. The fourth-order valence-corrected chi connectivity index (χ4v) is 1.68. The first-order valence-electron chi connectivity index (χ1n) is 5.28. The van der Waals surface area contributed by atoms with Crippen LogP contribution in [0.3, 0.4) is 0 Å². The second-order valence-electron chi connectivity index (χ2n) is 3.71. The Morgan fingerprint density at radius 2 is 1.83 bits per heavy atom. The average molecular weight is 370 g/mol. The van der Waals surface area contributed by atoms with E-state index in [2.05, 4.69) is 32.1 Å². The van der Waals surface area contributed by atoms with Gasteiger partial charge in [0.1, 0.15) is 5.75 Å². The highest BCUT2D eigenvalue weighted by Crippen LogP contribution is 2.28. The zero-order chi connectivity index (χ0) is 13.9. The first-order chi connectivity index (χ1) is 8.27. The lowest BCUT2D eigenvalue weighted by molar-refractivity contribution is -0.216. The van der Waals surface area contributed by atoms with E-state index in [4.69, 9.17) is 0 Å². The highest BCUT2D eigenvalue weighted by molar-refractivity contribution is 14.1. The predicted molar refractivity (Wildman–Crippen MR) is 70.8 cm³/mol. The van der Waals surface area contributed by atoms with Crippen LogP contribution in [0.5, 0.6) is 5.75 Å². The number of carbonyl (C=O) groups excluding carboxylic acids is 1. The summed E-state index contributed by atoms with van der Waals surface area (Å²) in [6.07, 6.45) is -3.97. The molecule has 0 aromatic heterocycles. The maximum absolute atomic E-state index is 13.4. The third kappa shape index (κ3) is 3.54. The maximum atomic E-state index is 13.4. The molecule has 0 unspecified atom stereocenters. The van der Waals surface area contributed by atoms with Gasteiger partial charge < -0.3 is 9.47 Å². The molecule has 1 aromatic carbocycles. The van der Waals surface area contributed by atoms with Crippen LogP contribution < -0.4 is 4.74 Å². The van der Waals surface area contributed by atoms with E-state index in [1.807, 2.05) is 0 Å². The van der Waals surface area contributed by atoms with Gasteiger partial charge in [-0.05, 0) is 66.6 Å². The van der Waals surface area contributed by atoms with Crippen LogP contribution in [0.2, 0.25) is 0 Å². The monoisotopic (exact) mass is 370 g/mol. The molecule has 0 radical (unpaired) electrons. The van der Waals surface area contributed by atoms with Crippen molar-refractivity contribution in [1.82, 2.24) is 0 Å². The van der Waals surface area contributed by atoms with Crippen LogP contribution in [0.15, 0.2) is 12.1 Å². The first-order valence-corrected chi connectivity index (χ1v) is 6.36. The van der Waals surface area contributed by atoms with E-state index in [1.165, 1.54) is 19.1 Å². The van der Waals surface area contributed by atoms with Gasteiger partial charge in [0, 0.05) is 3.57 Å². The molecule has 3 nitrogen and oxygen atoms in total. The van der Waals surface area contributed by atoms with Crippen molar-refractivity contribution in [3.8, 4) is 5.75 Å². The quantitative estimate of drug-likeness (QED) is 0.602. The molecule has 100 valence electrons. The molecule has 18 heavy (non-hydrogen) atoms. The van der Waals surface area contributed by atoms with Crippen LogP contribution in [-0.2, 0) is 9.53 Å². The summed E-state index contributed by atoms with van der Waals surface area (Å²) in [5, 5.41) is 0. The van der Waals surface area contributed by atoms with Crippen LogP contribution in [0.4, 0.5) is 8.78 Å². The summed E-state index contributed by atoms with van der Waals surface area (Å²) in [6.45, 7) is 4.89. The Bertz CT molecular complexity index is 438. The summed E-state index contributed by atoms with van der Waals surface area (Å²) in [6, 6.07) is 2.92. The van der Waals surface area contributed by atoms with Gasteiger partial charge in [0.15, 0.2) is 0 Å². The summed E-state index contributed by atoms with van der Waals surface area (Å²) in [5.74, 6) is -1.73. The van der Waals surface area contributed by atoms with Gasteiger partial charge in [-0.1, -0.05) is 0 Å². The fourth-order valence-electron chi connectivity index (χ4n) is 1.37. The van der Waals surface area contributed by atoms with E-state index >= 15 is 0 Å². The summed E-state index contributed by atoms with van der Waals surface area (Å²) in [4.78, 5) is 11.0. The van der Waals surface area contributed by atoms with E-state index < -0.39 is 12.1 Å². The van der Waals surface area contributed by atoms with Crippen molar-refractivity contribution in [3.63, 3.8) is 0 Å². The highest BCUT2D eigenvalue weighted by atomic mass is 127. The molecule has 0 spiro atoms. The third-order valence-electron chi connectivity index (χ3n) is 2.17. The molecule has 0 amide bonds. The summed E-state index contributed by atoms with van der Waals surface area (Å²) in [5.41, 5.74) is 1.62. The van der Waals surface area contributed by atoms with Crippen LogP contribution in [0, 0.1) is 17.4 Å². The van der Waals surface area contributed by atoms with Gasteiger partial charge in [0.2, 0.25) is 0 Å². The molecule has 0 atom stereocenters. The lowest BCUT2D eigenvalue weighted by atomic mass is 10.1. The van der Waals surface area contributed by atoms with Crippen molar-refractivity contribution < 1.29 is 23.0 Å². The van der Waals surface area contributed by atoms with Crippen LogP contribution >= 0.6 is 22.6 Å². The van der Waals surface area contributed by atoms with Crippen molar-refractivity contribution >= 4 is 28.6 Å². The molecule has 0 fully saturated rings. The van der Waals surface area contributed by atoms with Gasteiger partial charge in [-0.15, -0.1) is 0 Å². The Morgan fingerprint density at radius 1 is 1.33 bits per heavy atom. The highest BCUT2D eigenvalue weighted by Gasteiger charge is 2.44. The number of hydrogen-bond donors (Lipinski definition) is 0. The molecular formula is C12H13F2IO3. The number of aryl methyl sites for hydroxylation is 2. The summed E-state index contributed by atoms with van der Waals surface area (Å²) >= 11 is 2.11. The number of ether oxygens (including phenoxy) is 2. The Hall–Kier alpha value is -0.920. The molecular weight excluding hydrogens is 357 g/mol. The predicted octanol–water partition coefficient (Wildman–Crippen LogP) is 3.44. The molecule has 0 saturated carbocycles. The molecule has 0 bridgehead atoms. The largest absolute Gasteiger partial charge is 0.502 e. The number of esters is 1. The smallest absolute Gasteiger partial charge is 0.459 e. The van der Waals surface area contributed by atoms with E-state index in [0.29, 0.717) is 0 Å². The molecule has 1 rings (SSSR count). The Labute approximate surface area is 118 Å². The van der Waals surface area contributed by atoms with Crippen LogP contribution in [-0.4, -0.2) is 18.7 Å². The molecule has 0 aliphatic rings. The number of rotatable bonds is 4. The van der Waals surface area contributed by atoms with Crippen molar-refractivity contribution in [2.24, 2.45) is 0 Å². The molecule has 0 aliphatic carbocycles. The minimum absolute atomic E-state index is 0.0523. The zero-order valence-corrected chi connectivity index (χ0v) is 12.4. The van der Waals surface area contributed by atoms with Gasteiger partial charge in [-0.3, -0.25) is 0 Å². The van der Waals surface area contributed by atoms with Gasteiger partial charge >= 0.3 is 12.1 Å². The Morgan fingerprint density at radius 3 is 2.28 bits per heavy atom. The van der Waals surface area contributed by atoms with Crippen molar-refractivity contribution in [3.05, 3.63) is 26.8 Å². The standard InChI is InChI=1S/C12H13F2IO3/c1-4-17-11(16)12(13,14)18-9-5-7(2)10(15)8(3)6-9/h5-6H,4H2,1-3H3. The van der Waals surface area contributed by atoms with Crippen molar-refractivity contribution in [2.75, 3.05) is 6.61 Å². The van der Waals surface area contributed by atoms with Gasteiger partial charge in [-0.2, -0.15) is 8.78 Å². The second-order valence-corrected chi connectivity index (χ2v) is 4.79. The Kier molecular flexibility index (Phi) is 4.89. The molecule has 0 saturated heterocycles. The SMILES string of the molecule is CCOC(=O)C(F)(F)Oc1cc(C)c(I)c(C)c1. The van der Waals surface area contributed by atoms with E-state index in [9.17, 15) is 13.6 Å². The van der Waals surface area contributed by atoms with Gasteiger partial charge in [-0.25, -0.2) is 4.79 Å². The first kappa shape index (κ1) is 15.1. The number of halogens is 3. The zero-order valence-electron chi connectivity index (χ0n) is 10.2. The summed E-state index contributed by atoms with van der Waals surface area (Å²) in [7, 11) is 0. The minimum Gasteiger partial charge on any atom is -0.459 e. The average Bonchev–Trinajstić information content (AvgIpc) is 2.25. The molecule has 0 N–H and O–H groups in total. The molecule has 6 heteroatoms. The number of alkyl halides is 2. The van der Waals surface area contributed by atoms with Gasteiger partial charge in [0.05, 0.1) is 6.61 Å². The van der Waals surface area contributed by atoms with Crippen molar-refractivity contribution in [2.45, 2.75) is 26.9 Å². The van der Waals surface area contributed by atoms with Crippen LogP contribution in [0.1, 0.15) is 18.1 Å². The second kappa shape index (κ2) is 5.81. The summed E-state index contributed by atoms with van der Waals surface area (Å²) < 4.78 is 36.4. The third-order valence-corrected chi connectivity index (χ3v) is 3.87. The normalized spacial score (nSPS) is 11.2. The van der Waals surface area contributed by atoms with Crippen molar-refractivity contribution in [1.29, 1.82) is 0 Å². The maximum Gasteiger partial charge on any atom is 0.502 e. The topological polar surface area (TPSA) is 35.5 Å². The lowest BCUT2D eigenvalue weighted by Crippen LogP contribution is -2.36. The molecule has 0 aliphatic heterocycles. The lowest BCUT2D eigenvalue weighted by Gasteiger charge is -2.17.